The zero-order chi connectivity index (χ0) is 46.9. The fraction of sp³-hybridized carbons (Fsp3) is 0.897. The summed E-state index contributed by atoms with van der Waals surface area (Å²) in [5.74, 6) is 0. The van der Waals surface area contributed by atoms with Crippen LogP contribution >= 0.6 is 31.7 Å². The topological polar surface area (TPSA) is 224 Å². The molecule has 8 atom stereocenters. The van der Waals surface area contributed by atoms with E-state index in [9.17, 15) is 9.13 Å². The Kier molecular flexibility index (Phi) is 41.9. The van der Waals surface area contributed by atoms with Gasteiger partial charge in [-0.2, -0.15) is 0 Å². The average Bonchev–Trinajstić information content (AvgIpc) is 3.25. The summed E-state index contributed by atoms with van der Waals surface area (Å²) in [4.78, 5) is 5.75. The van der Waals surface area contributed by atoms with Crippen LogP contribution in [0.1, 0.15) is 123 Å². The van der Waals surface area contributed by atoms with Crippen molar-refractivity contribution in [2.45, 2.75) is 147 Å². The second-order valence-electron chi connectivity index (χ2n) is 14.8. The van der Waals surface area contributed by atoms with E-state index in [0.29, 0.717) is 45.3 Å². The van der Waals surface area contributed by atoms with E-state index in [4.69, 9.17) is 71.9 Å². The number of phosphoric acid groups is 2. The number of ether oxygens (including phenoxy) is 2. The molecule has 4 radical (unpaired) electrons. The summed E-state index contributed by atoms with van der Waals surface area (Å²) in [6.45, 7) is 15.2. The molecule has 0 bridgehead atoms. The highest BCUT2D eigenvalue weighted by Gasteiger charge is 2.29. The first-order chi connectivity index (χ1) is 30.4. The standard InChI is InChI=1S/C39H76B2N6O12P4/c1-7-11-13-15-18-22-38(58-60(5)40)24-30-50-32-36(44-46-42)34-56-62(48,52-26-9-3)54-28-20-17-21-29-55-63(49,53-27-10-4)57-35-37(45-47-43)33-51-31-25-39(59-61(6)41)23-19-16-14-12-8-2/h9-10,36-39H,3-4,7-8,11-35H2,1-2,5-6H3/t36?,37?,38-,39-,60?,61?,62?,63?/m1/s1. The van der Waals surface area contributed by atoms with Gasteiger partial charge in [-0.15, -0.1) is 13.2 Å². The lowest BCUT2D eigenvalue weighted by atomic mass is 10.1. The smallest absolute Gasteiger partial charge is 0.381 e. The van der Waals surface area contributed by atoms with Gasteiger partial charge in [0.25, 0.3) is 0 Å². The third-order valence-corrected chi connectivity index (χ3v) is 13.1. The first kappa shape index (κ1) is 62.1. The van der Waals surface area contributed by atoms with Crippen LogP contribution in [0.2, 0.25) is 0 Å². The maximum Gasteiger partial charge on any atom is 0.475 e. The number of azide groups is 2. The number of unbranched alkanes of at least 4 members (excludes halogenated alkanes) is 10. The fourth-order valence-corrected chi connectivity index (χ4v) is 9.56. The summed E-state index contributed by atoms with van der Waals surface area (Å²) in [6.07, 6.45) is 18.6. The van der Waals surface area contributed by atoms with Gasteiger partial charge >= 0.3 is 15.6 Å². The van der Waals surface area contributed by atoms with E-state index in [1.807, 2.05) is 13.3 Å². The van der Waals surface area contributed by atoms with Gasteiger partial charge in [0.2, 0.25) is 0 Å². The predicted octanol–water partition coefficient (Wildman–Crippen LogP) is 12.7. The number of rotatable bonds is 48. The predicted molar refractivity (Wildman–Crippen MR) is 256 cm³/mol. The number of hydrogen-bond acceptors (Lipinski definition) is 14. The number of nitrogens with zero attached hydrogens (tertiary/aromatic N) is 6. The zero-order valence-electron chi connectivity index (χ0n) is 38.5. The molecule has 0 aliphatic heterocycles. The molecule has 0 saturated carbocycles. The monoisotopic (exact) mass is 966 g/mol. The Bertz CT molecular complexity index is 1250. The third kappa shape index (κ3) is 37.9. The molecule has 0 heterocycles. The molecule has 0 aliphatic rings. The van der Waals surface area contributed by atoms with Crippen molar-refractivity contribution in [3.05, 3.63) is 46.2 Å². The molecule has 0 aromatic carbocycles. The molecule has 0 rings (SSSR count). The van der Waals surface area contributed by atoms with Crippen molar-refractivity contribution >= 4 is 46.8 Å². The van der Waals surface area contributed by atoms with E-state index in [-0.39, 0.29) is 65.1 Å². The van der Waals surface area contributed by atoms with Crippen molar-refractivity contribution in [3.63, 3.8) is 0 Å². The van der Waals surface area contributed by atoms with Gasteiger partial charge in [-0.25, -0.2) is 9.13 Å². The largest absolute Gasteiger partial charge is 0.475 e. The quantitative estimate of drug-likeness (QED) is 0.0106. The maximum absolute atomic E-state index is 13.4. The summed E-state index contributed by atoms with van der Waals surface area (Å²) in [5, 5.41) is 7.46. The Hall–Kier alpha value is -0.850. The molecule has 0 N–H and O–H groups in total. The van der Waals surface area contributed by atoms with Gasteiger partial charge in [-0.05, 0) is 85.4 Å². The molecular weight excluding hydrogens is 890 g/mol. The molecule has 0 saturated heterocycles. The minimum atomic E-state index is -4.08. The van der Waals surface area contributed by atoms with Crippen molar-refractivity contribution in [2.24, 2.45) is 10.2 Å². The van der Waals surface area contributed by atoms with Crippen LogP contribution in [-0.4, -0.2) is 119 Å². The van der Waals surface area contributed by atoms with Crippen molar-refractivity contribution in [2.75, 3.05) is 79.4 Å². The highest BCUT2D eigenvalue weighted by atomic mass is 31.2. The normalized spacial score (nSPS) is 16.3. The minimum absolute atomic E-state index is 0.00893. The summed E-state index contributed by atoms with van der Waals surface area (Å²) < 4.78 is 83.2. The SMILES string of the molecule is [B]P(C)O[C@H](CCCCCCC)CCOCC(COP(=O)(OCC=C)OCCCCCOP(=O)(OCC=C)OCC(COCC[C@@H](CCCCCCC)OP([B])C)N=[N+]=[N-])N=[N+]=[N-]. The second kappa shape index (κ2) is 42.5. The van der Waals surface area contributed by atoms with Crippen LogP contribution in [0.3, 0.4) is 0 Å². The van der Waals surface area contributed by atoms with Gasteiger partial charge in [0.15, 0.2) is 0 Å². The van der Waals surface area contributed by atoms with E-state index >= 15 is 0 Å². The minimum Gasteiger partial charge on any atom is -0.381 e. The van der Waals surface area contributed by atoms with Gasteiger partial charge in [-0.3, -0.25) is 27.1 Å². The van der Waals surface area contributed by atoms with Crippen LogP contribution in [0.4, 0.5) is 0 Å². The molecule has 360 valence electrons. The zero-order valence-corrected chi connectivity index (χ0v) is 42.1. The first-order valence-electron chi connectivity index (χ1n) is 22.2. The van der Waals surface area contributed by atoms with Gasteiger partial charge in [-0.1, -0.05) is 100 Å². The number of hydrogen-bond donors (Lipinski definition) is 0. The van der Waals surface area contributed by atoms with E-state index in [2.05, 4.69) is 47.1 Å². The van der Waals surface area contributed by atoms with Crippen LogP contribution in [0.15, 0.2) is 35.5 Å². The summed E-state index contributed by atoms with van der Waals surface area (Å²) in [7, 11) is 1.70. The van der Waals surface area contributed by atoms with E-state index in [1.54, 1.807) is 0 Å². The molecule has 0 aliphatic carbocycles. The molecule has 0 fully saturated rings. The van der Waals surface area contributed by atoms with Crippen molar-refractivity contribution < 1.29 is 54.8 Å². The summed E-state index contributed by atoms with van der Waals surface area (Å²) in [5.41, 5.74) is 18.3. The molecule has 18 nitrogen and oxygen atoms in total. The maximum atomic E-state index is 13.4. The highest BCUT2D eigenvalue weighted by Crippen LogP contribution is 2.51. The molecular formula is C39H76B2N6O12P4. The fourth-order valence-electron chi connectivity index (χ4n) is 5.76. The van der Waals surface area contributed by atoms with Crippen LogP contribution in [-0.2, 0) is 54.8 Å². The Morgan fingerprint density at radius 2 is 0.937 bits per heavy atom. The lowest BCUT2D eigenvalue weighted by molar-refractivity contribution is 0.0651. The van der Waals surface area contributed by atoms with Gasteiger partial charge in [0.05, 0.1) is 77.1 Å². The molecule has 0 aromatic rings. The molecule has 0 spiro atoms. The van der Waals surface area contributed by atoms with Gasteiger partial charge < -0.3 is 18.5 Å². The van der Waals surface area contributed by atoms with Crippen molar-refractivity contribution in [1.82, 2.24) is 0 Å². The average molecular weight is 967 g/mol. The Balaban J connectivity index is 4.93. The van der Waals surface area contributed by atoms with Crippen LogP contribution in [0.25, 0.3) is 20.9 Å². The van der Waals surface area contributed by atoms with Crippen LogP contribution in [0, 0.1) is 0 Å². The van der Waals surface area contributed by atoms with E-state index < -0.39 is 43.8 Å². The molecule has 0 amide bonds. The Morgan fingerprint density at radius 3 is 1.29 bits per heavy atom. The van der Waals surface area contributed by atoms with E-state index in [1.165, 1.54) is 50.7 Å². The van der Waals surface area contributed by atoms with Crippen LogP contribution < -0.4 is 0 Å². The summed E-state index contributed by atoms with van der Waals surface area (Å²) in [6, 6.07) is -1.60. The molecule has 24 heteroatoms. The molecule has 0 aromatic heterocycles. The highest BCUT2D eigenvalue weighted by molar-refractivity contribution is 7.77. The van der Waals surface area contributed by atoms with Gasteiger partial charge in [0, 0.05) is 23.0 Å². The number of phosphoric ester groups is 2. The molecule has 6 unspecified atom stereocenters. The lowest BCUT2D eigenvalue weighted by Crippen LogP contribution is -2.22. The second-order valence-corrected chi connectivity index (χ2v) is 20.7. The third-order valence-electron chi connectivity index (χ3n) is 8.95. The van der Waals surface area contributed by atoms with Crippen molar-refractivity contribution in [1.29, 1.82) is 0 Å². The molecule has 63 heavy (non-hydrogen) atoms. The van der Waals surface area contributed by atoms with Gasteiger partial charge in [0.1, 0.15) is 15.1 Å². The van der Waals surface area contributed by atoms with Crippen molar-refractivity contribution in [3.8, 4) is 0 Å². The first-order valence-corrected chi connectivity index (χ1v) is 28.7. The Labute approximate surface area is 383 Å². The van der Waals surface area contributed by atoms with E-state index in [0.717, 1.165) is 38.5 Å². The van der Waals surface area contributed by atoms with Crippen LogP contribution in [0.5, 0.6) is 0 Å². The Morgan fingerprint density at radius 1 is 0.556 bits per heavy atom. The summed E-state index contributed by atoms with van der Waals surface area (Å²) >= 11 is 0. The lowest BCUT2D eigenvalue weighted by Gasteiger charge is -2.22.